The summed E-state index contributed by atoms with van der Waals surface area (Å²) in [5, 5.41) is 8.76. The zero-order valence-corrected chi connectivity index (χ0v) is 13.9. The number of aromatic nitrogens is 2. The highest BCUT2D eigenvalue weighted by molar-refractivity contribution is 7.09. The van der Waals surface area contributed by atoms with E-state index in [0.717, 1.165) is 29.4 Å². The number of rotatable bonds is 6. The van der Waals surface area contributed by atoms with Gasteiger partial charge in [-0.2, -0.15) is 0 Å². The van der Waals surface area contributed by atoms with Crippen molar-refractivity contribution in [1.82, 2.24) is 15.3 Å². The van der Waals surface area contributed by atoms with Crippen LogP contribution in [0.5, 0.6) is 0 Å². The van der Waals surface area contributed by atoms with Crippen molar-refractivity contribution in [2.75, 3.05) is 30.9 Å². The van der Waals surface area contributed by atoms with Crippen molar-refractivity contribution in [3.63, 3.8) is 0 Å². The van der Waals surface area contributed by atoms with Crippen LogP contribution in [0, 0.1) is 0 Å². The Morgan fingerprint density at radius 2 is 2.18 bits per heavy atom. The molecule has 2 heterocycles. The third kappa shape index (κ3) is 4.70. The van der Waals surface area contributed by atoms with Crippen molar-refractivity contribution in [1.29, 1.82) is 0 Å². The van der Waals surface area contributed by atoms with Gasteiger partial charge in [0.05, 0.1) is 22.6 Å². The second-order valence-electron chi connectivity index (χ2n) is 5.02. The van der Waals surface area contributed by atoms with E-state index in [1.165, 1.54) is 0 Å². The van der Waals surface area contributed by atoms with Gasteiger partial charge in [0.2, 0.25) is 0 Å². The second kappa shape index (κ2) is 7.74. The summed E-state index contributed by atoms with van der Waals surface area (Å²) in [6.45, 7) is 2.64. The van der Waals surface area contributed by atoms with Crippen LogP contribution in [0.1, 0.15) is 17.6 Å². The molecule has 6 nitrogen and oxygen atoms in total. The van der Waals surface area contributed by atoms with Gasteiger partial charge in [0, 0.05) is 32.4 Å². The fraction of sp³-hybridized carbons (Fsp3) is 0.400. The van der Waals surface area contributed by atoms with Crippen LogP contribution < -0.4 is 15.5 Å². The van der Waals surface area contributed by atoms with Gasteiger partial charge in [0.25, 0.3) is 0 Å². The molecule has 0 aromatic carbocycles. The highest BCUT2D eigenvalue weighted by Gasteiger charge is 2.04. The van der Waals surface area contributed by atoms with E-state index in [9.17, 15) is 4.79 Å². The summed E-state index contributed by atoms with van der Waals surface area (Å²) in [7, 11) is 3.84. The molecule has 0 aliphatic carbocycles. The van der Waals surface area contributed by atoms with Gasteiger partial charge in [-0.05, 0) is 18.6 Å². The summed E-state index contributed by atoms with van der Waals surface area (Å²) in [6.07, 6.45) is 3.33. The molecular formula is C15H21N5OS. The number of carbonyl (C=O) groups is 1. The monoisotopic (exact) mass is 319 g/mol. The minimum atomic E-state index is -0.231. The number of aryl methyl sites for hydroxylation is 1. The lowest BCUT2D eigenvalue weighted by Gasteiger charge is -2.12. The van der Waals surface area contributed by atoms with Crippen LogP contribution in [-0.4, -0.2) is 36.6 Å². The molecule has 0 unspecified atom stereocenters. The Kier molecular flexibility index (Phi) is 5.71. The van der Waals surface area contributed by atoms with Crippen LogP contribution in [0.3, 0.4) is 0 Å². The predicted molar refractivity (Wildman–Crippen MR) is 90.8 cm³/mol. The molecule has 7 heteroatoms. The molecule has 2 N–H and O–H groups in total. The summed E-state index contributed by atoms with van der Waals surface area (Å²) in [4.78, 5) is 22.4. The van der Waals surface area contributed by atoms with Gasteiger partial charge >= 0.3 is 6.03 Å². The first-order valence-electron chi connectivity index (χ1n) is 7.20. The second-order valence-corrected chi connectivity index (χ2v) is 5.96. The fourth-order valence-electron chi connectivity index (χ4n) is 1.83. The average Bonchev–Trinajstić information content (AvgIpc) is 2.96. The van der Waals surface area contributed by atoms with Gasteiger partial charge in [-0.25, -0.2) is 14.8 Å². The topological polar surface area (TPSA) is 70.2 Å². The molecule has 2 rings (SSSR count). The van der Waals surface area contributed by atoms with Crippen LogP contribution in [0.25, 0.3) is 0 Å². The normalized spacial score (nSPS) is 10.3. The Bertz CT molecular complexity index is 609. The molecule has 0 saturated carbocycles. The molecule has 0 radical (unpaired) electrons. The first-order chi connectivity index (χ1) is 10.6. The van der Waals surface area contributed by atoms with Gasteiger partial charge in [0.1, 0.15) is 5.82 Å². The number of carbonyl (C=O) groups excluding carboxylic acids is 1. The molecule has 118 valence electrons. The van der Waals surface area contributed by atoms with E-state index in [4.69, 9.17) is 0 Å². The van der Waals surface area contributed by atoms with Gasteiger partial charge < -0.3 is 15.5 Å². The van der Waals surface area contributed by atoms with E-state index >= 15 is 0 Å². The van der Waals surface area contributed by atoms with E-state index in [-0.39, 0.29) is 6.03 Å². The number of nitrogens with zero attached hydrogens (tertiary/aromatic N) is 3. The molecule has 2 aromatic rings. The number of nitrogens with one attached hydrogen (secondary N) is 2. The van der Waals surface area contributed by atoms with Crippen LogP contribution in [0.15, 0.2) is 23.7 Å². The quantitative estimate of drug-likeness (QED) is 0.858. The molecule has 0 spiro atoms. The van der Waals surface area contributed by atoms with Crippen molar-refractivity contribution >= 4 is 28.9 Å². The molecule has 0 atom stereocenters. The molecular weight excluding hydrogens is 298 g/mol. The van der Waals surface area contributed by atoms with Gasteiger partial charge in [-0.3, -0.25) is 0 Å². The fourth-order valence-corrected chi connectivity index (χ4v) is 2.61. The van der Waals surface area contributed by atoms with Gasteiger partial charge in [-0.15, -0.1) is 11.3 Å². The lowest BCUT2D eigenvalue weighted by atomic mass is 10.3. The van der Waals surface area contributed by atoms with E-state index in [1.807, 2.05) is 36.5 Å². The lowest BCUT2D eigenvalue weighted by Crippen LogP contribution is -2.30. The zero-order valence-electron chi connectivity index (χ0n) is 13.1. The Morgan fingerprint density at radius 3 is 2.77 bits per heavy atom. The maximum Gasteiger partial charge on any atom is 0.319 e. The molecule has 22 heavy (non-hydrogen) atoms. The largest absolute Gasteiger partial charge is 0.363 e. The van der Waals surface area contributed by atoms with Crippen LogP contribution >= 0.6 is 11.3 Å². The summed E-state index contributed by atoms with van der Waals surface area (Å²) in [6, 6.07) is 3.46. The number of hydrogen-bond donors (Lipinski definition) is 2. The molecule has 0 fully saturated rings. The summed E-state index contributed by atoms with van der Waals surface area (Å²) in [5.41, 5.74) is 1.70. The van der Waals surface area contributed by atoms with Crippen LogP contribution in [-0.2, 0) is 12.8 Å². The number of pyridine rings is 1. The summed E-state index contributed by atoms with van der Waals surface area (Å²) >= 11 is 1.66. The summed E-state index contributed by atoms with van der Waals surface area (Å²) in [5.74, 6) is 0.848. The van der Waals surface area contributed by atoms with Crippen molar-refractivity contribution in [2.45, 2.75) is 19.8 Å². The Labute approximate surface area is 134 Å². The SMILES string of the molecule is CCc1nc(CCNC(=O)Nc2ccc(N(C)C)nc2)cs1. The van der Waals surface area contributed by atoms with Crippen molar-refractivity contribution in [3.05, 3.63) is 34.4 Å². The zero-order chi connectivity index (χ0) is 15.9. The molecule has 0 saturated heterocycles. The smallest absolute Gasteiger partial charge is 0.319 e. The maximum atomic E-state index is 11.8. The molecule has 0 aliphatic heterocycles. The Balaban J connectivity index is 1.75. The van der Waals surface area contributed by atoms with E-state index in [0.29, 0.717) is 12.2 Å². The highest BCUT2D eigenvalue weighted by Crippen LogP contribution is 2.12. The molecule has 2 aromatic heterocycles. The van der Waals surface area contributed by atoms with E-state index in [1.54, 1.807) is 17.5 Å². The van der Waals surface area contributed by atoms with Crippen LogP contribution in [0.2, 0.25) is 0 Å². The number of urea groups is 1. The number of amides is 2. The third-order valence-electron chi connectivity index (χ3n) is 3.03. The van der Waals surface area contributed by atoms with Crippen molar-refractivity contribution in [2.24, 2.45) is 0 Å². The predicted octanol–water partition coefficient (Wildman–Crippen LogP) is 2.53. The molecule has 2 amide bonds. The minimum absolute atomic E-state index is 0.231. The van der Waals surface area contributed by atoms with Crippen molar-refractivity contribution < 1.29 is 4.79 Å². The Hall–Kier alpha value is -2.15. The number of anilines is 2. The highest BCUT2D eigenvalue weighted by atomic mass is 32.1. The maximum absolute atomic E-state index is 11.8. The van der Waals surface area contributed by atoms with Crippen LogP contribution in [0.4, 0.5) is 16.3 Å². The standard InChI is InChI=1S/C15H21N5OS/c1-4-14-18-12(10-22-14)7-8-16-15(21)19-11-5-6-13(17-9-11)20(2)3/h5-6,9-10H,4,7-8H2,1-3H3,(H2,16,19,21). The average molecular weight is 319 g/mol. The molecule has 0 bridgehead atoms. The van der Waals surface area contributed by atoms with Gasteiger partial charge in [-0.1, -0.05) is 6.92 Å². The van der Waals surface area contributed by atoms with Crippen molar-refractivity contribution in [3.8, 4) is 0 Å². The number of hydrogen-bond acceptors (Lipinski definition) is 5. The third-order valence-corrected chi connectivity index (χ3v) is 4.07. The lowest BCUT2D eigenvalue weighted by molar-refractivity contribution is 0.252. The number of thiazole rings is 1. The first-order valence-corrected chi connectivity index (χ1v) is 8.08. The molecule has 0 aliphatic rings. The van der Waals surface area contributed by atoms with E-state index < -0.39 is 0 Å². The Morgan fingerprint density at radius 1 is 1.36 bits per heavy atom. The first kappa shape index (κ1) is 16.2. The summed E-state index contributed by atoms with van der Waals surface area (Å²) < 4.78 is 0. The minimum Gasteiger partial charge on any atom is -0.363 e. The van der Waals surface area contributed by atoms with Gasteiger partial charge in [0.15, 0.2) is 0 Å². The van der Waals surface area contributed by atoms with E-state index in [2.05, 4.69) is 27.5 Å².